The van der Waals surface area contributed by atoms with Crippen molar-refractivity contribution in [3.8, 4) is 0 Å². The molecule has 0 radical (unpaired) electrons. The van der Waals surface area contributed by atoms with Crippen molar-refractivity contribution >= 4 is 5.91 Å². The molecule has 112 valence electrons. The van der Waals surface area contributed by atoms with Gasteiger partial charge in [0.05, 0.1) is 0 Å². The van der Waals surface area contributed by atoms with Crippen LogP contribution in [0.25, 0.3) is 0 Å². The van der Waals surface area contributed by atoms with Gasteiger partial charge in [0.15, 0.2) is 0 Å². The molecule has 0 unspecified atom stereocenters. The Kier molecular flexibility index (Phi) is 3.46. The Morgan fingerprint density at radius 2 is 1.90 bits per heavy atom. The summed E-state index contributed by atoms with van der Waals surface area (Å²) in [5.41, 5.74) is 2.87. The minimum Gasteiger partial charge on any atom is -0.340 e. The number of amides is 1. The molecule has 2 heterocycles. The van der Waals surface area contributed by atoms with Crippen molar-refractivity contribution in [1.82, 2.24) is 10.2 Å². The second kappa shape index (κ2) is 5.45. The van der Waals surface area contributed by atoms with Crippen LogP contribution in [-0.4, -0.2) is 29.9 Å². The SMILES string of the molecule is O=C(C1CCCCC1)N1C[C@@H]2NCc3ccccc3[C@@H]2C1. The van der Waals surface area contributed by atoms with Crippen LogP contribution in [-0.2, 0) is 11.3 Å². The topological polar surface area (TPSA) is 32.3 Å². The van der Waals surface area contributed by atoms with E-state index < -0.39 is 0 Å². The predicted molar refractivity (Wildman–Crippen MR) is 83.0 cm³/mol. The van der Waals surface area contributed by atoms with E-state index in [0.29, 0.717) is 23.8 Å². The average molecular weight is 284 g/mol. The van der Waals surface area contributed by atoms with Gasteiger partial charge in [-0.1, -0.05) is 43.5 Å². The van der Waals surface area contributed by atoms with E-state index in [9.17, 15) is 4.79 Å². The fraction of sp³-hybridized carbons (Fsp3) is 0.611. The minimum absolute atomic E-state index is 0.300. The lowest BCUT2D eigenvalue weighted by Gasteiger charge is -2.28. The largest absolute Gasteiger partial charge is 0.340 e. The Labute approximate surface area is 126 Å². The van der Waals surface area contributed by atoms with Crippen LogP contribution in [0.4, 0.5) is 0 Å². The Balaban J connectivity index is 1.51. The second-order valence-corrected chi connectivity index (χ2v) is 6.87. The molecule has 1 aromatic carbocycles. The summed E-state index contributed by atoms with van der Waals surface area (Å²) in [6.45, 7) is 2.75. The van der Waals surface area contributed by atoms with Crippen molar-refractivity contribution in [3.05, 3.63) is 35.4 Å². The van der Waals surface area contributed by atoms with E-state index in [0.717, 1.165) is 32.5 Å². The molecular weight excluding hydrogens is 260 g/mol. The summed E-state index contributed by atoms with van der Waals surface area (Å²) in [6, 6.07) is 9.16. The summed E-state index contributed by atoms with van der Waals surface area (Å²) in [6.07, 6.45) is 5.99. The molecule has 1 saturated heterocycles. The highest BCUT2D eigenvalue weighted by Gasteiger charge is 2.40. The number of carbonyl (C=O) groups excluding carboxylic acids is 1. The van der Waals surface area contributed by atoms with Crippen LogP contribution in [0.2, 0.25) is 0 Å². The summed E-state index contributed by atoms with van der Waals surface area (Å²) in [5.74, 6) is 1.21. The number of likely N-dealkylation sites (tertiary alicyclic amines) is 1. The van der Waals surface area contributed by atoms with Crippen molar-refractivity contribution in [3.63, 3.8) is 0 Å². The van der Waals surface area contributed by atoms with Crippen molar-refractivity contribution in [2.75, 3.05) is 13.1 Å². The summed E-state index contributed by atoms with van der Waals surface area (Å²) < 4.78 is 0. The van der Waals surface area contributed by atoms with E-state index in [1.165, 1.54) is 30.4 Å². The Morgan fingerprint density at radius 1 is 1.10 bits per heavy atom. The molecule has 2 fully saturated rings. The zero-order valence-corrected chi connectivity index (χ0v) is 12.6. The fourth-order valence-electron chi connectivity index (χ4n) is 4.41. The average Bonchev–Trinajstić information content (AvgIpc) is 2.99. The van der Waals surface area contributed by atoms with Crippen LogP contribution in [0, 0.1) is 5.92 Å². The van der Waals surface area contributed by atoms with Gasteiger partial charge in [-0.3, -0.25) is 4.79 Å². The standard InChI is InChI=1S/C18H24N2O/c21-18(13-6-2-1-3-7-13)20-11-16-15-9-5-4-8-14(15)10-19-17(16)12-20/h4-5,8-9,13,16-17,19H,1-3,6-7,10-12H2/t16-,17-/m0/s1. The number of hydrogen-bond acceptors (Lipinski definition) is 2. The maximum Gasteiger partial charge on any atom is 0.225 e. The van der Waals surface area contributed by atoms with Gasteiger partial charge in [-0.25, -0.2) is 0 Å². The lowest BCUT2D eigenvalue weighted by Crippen LogP contribution is -2.40. The molecule has 3 nitrogen and oxygen atoms in total. The highest BCUT2D eigenvalue weighted by molar-refractivity contribution is 5.79. The van der Waals surface area contributed by atoms with Gasteiger partial charge in [0.1, 0.15) is 0 Å². The Bertz CT molecular complexity index is 536. The molecule has 1 amide bonds. The molecule has 21 heavy (non-hydrogen) atoms. The summed E-state index contributed by atoms with van der Waals surface area (Å²) in [4.78, 5) is 14.9. The third kappa shape index (κ3) is 2.38. The molecule has 1 aromatic rings. The van der Waals surface area contributed by atoms with Gasteiger partial charge in [0.2, 0.25) is 5.91 Å². The van der Waals surface area contributed by atoms with E-state index in [1.54, 1.807) is 0 Å². The van der Waals surface area contributed by atoms with Crippen molar-refractivity contribution in [1.29, 1.82) is 0 Å². The molecule has 2 atom stereocenters. The lowest BCUT2D eigenvalue weighted by molar-refractivity contribution is -0.135. The van der Waals surface area contributed by atoms with Gasteiger partial charge in [-0.2, -0.15) is 0 Å². The maximum absolute atomic E-state index is 12.8. The monoisotopic (exact) mass is 284 g/mol. The van der Waals surface area contributed by atoms with Crippen LogP contribution in [0.15, 0.2) is 24.3 Å². The van der Waals surface area contributed by atoms with Gasteiger partial charge < -0.3 is 10.2 Å². The van der Waals surface area contributed by atoms with Crippen molar-refractivity contribution in [2.24, 2.45) is 5.92 Å². The van der Waals surface area contributed by atoms with Crippen LogP contribution in [0.5, 0.6) is 0 Å². The molecule has 3 aliphatic rings. The molecule has 3 heteroatoms. The maximum atomic E-state index is 12.8. The number of benzene rings is 1. The van der Waals surface area contributed by atoms with E-state index in [-0.39, 0.29) is 0 Å². The Hall–Kier alpha value is -1.35. The predicted octanol–water partition coefficient (Wildman–Crippen LogP) is 2.66. The highest BCUT2D eigenvalue weighted by Crippen LogP contribution is 2.35. The van der Waals surface area contributed by atoms with Crippen LogP contribution >= 0.6 is 0 Å². The summed E-state index contributed by atoms with van der Waals surface area (Å²) in [7, 11) is 0. The van der Waals surface area contributed by atoms with Crippen molar-refractivity contribution < 1.29 is 4.79 Å². The van der Waals surface area contributed by atoms with Crippen molar-refractivity contribution in [2.45, 2.75) is 50.6 Å². The number of carbonyl (C=O) groups is 1. The van der Waals surface area contributed by atoms with E-state index in [2.05, 4.69) is 34.5 Å². The van der Waals surface area contributed by atoms with Crippen LogP contribution in [0.3, 0.4) is 0 Å². The normalized spacial score (nSPS) is 29.0. The van der Waals surface area contributed by atoms with Gasteiger partial charge in [-0.05, 0) is 24.0 Å². The molecule has 4 rings (SSSR count). The minimum atomic E-state index is 0.300. The number of nitrogens with zero attached hydrogens (tertiary/aromatic N) is 1. The summed E-state index contributed by atoms with van der Waals surface area (Å²) >= 11 is 0. The third-order valence-corrected chi connectivity index (χ3v) is 5.60. The smallest absolute Gasteiger partial charge is 0.225 e. The number of nitrogens with one attached hydrogen (secondary N) is 1. The van der Waals surface area contributed by atoms with E-state index in [4.69, 9.17) is 0 Å². The summed E-state index contributed by atoms with van der Waals surface area (Å²) in [5, 5.41) is 3.63. The zero-order chi connectivity index (χ0) is 14.2. The number of fused-ring (bicyclic) bond motifs is 3. The fourth-order valence-corrected chi connectivity index (χ4v) is 4.41. The first-order valence-electron chi connectivity index (χ1n) is 8.43. The molecule has 0 spiro atoms. The molecule has 2 aliphatic heterocycles. The van der Waals surface area contributed by atoms with E-state index in [1.807, 2.05) is 0 Å². The zero-order valence-electron chi connectivity index (χ0n) is 12.6. The molecule has 0 aromatic heterocycles. The first-order valence-corrected chi connectivity index (χ1v) is 8.43. The van der Waals surface area contributed by atoms with Gasteiger partial charge in [0, 0.05) is 37.5 Å². The molecule has 1 N–H and O–H groups in total. The quantitative estimate of drug-likeness (QED) is 0.860. The van der Waals surface area contributed by atoms with Crippen LogP contribution in [0.1, 0.15) is 49.1 Å². The third-order valence-electron chi connectivity index (χ3n) is 5.60. The first-order chi connectivity index (χ1) is 10.3. The molecular formula is C18H24N2O. The second-order valence-electron chi connectivity index (χ2n) is 6.87. The Morgan fingerprint density at radius 3 is 2.76 bits per heavy atom. The first kappa shape index (κ1) is 13.3. The van der Waals surface area contributed by atoms with Gasteiger partial charge in [0.25, 0.3) is 0 Å². The molecule has 1 saturated carbocycles. The highest BCUT2D eigenvalue weighted by atomic mass is 16.2. The van der Waals surface area contributed by atoms with Gasteiger partial charge in [-0.15, -0.1) is 0 Å². The van der Waals surface area contributed by atoms with Crippen LogP contribution < -0.4 is 5.32 Å². The van der Waals surface area contributed by atoms with Gasteiger partial charge >= 0.3 is 0 Å². The van der Waals surface area contributed by atoms with E-state index >= 15 is 0 Å². The number of rotatable bonds is 1. The lowest BCUT2D eigenvalue weighted by atomic mass is 9.87. The molecule has 1 aliphatic carbocycles. The number of hydrogen-bond donors (Lipinski definition) is 1. The molecule has 0 bridgehead atoms.